The average molecular weight is 284 g/mol. The Morgan fingerprint density at radius 3 is 2.60 bits per heavy atom. The molecule has 0 saturated carbocycles. The summed E-state index contributed by atoms with van der Waals surface area (Å²) in [4.78, 5) is 2.19. The molecule has 4 nitrogen and oxygen atoms in total. The molecule has 0 spiro atoms. The molecule has 5 heteroatoms. The van der Waals surface area contributed by atoms with Gasteiger partial charge in [0.1, 0.15) is 0 Å². The molecule has 0 radical (unpaired) electrons. The van der Waals surface area contributed by atoms with Crippen molar-refractivity contribution < 1.29 is 0 Å². The van der Waals surface area contributed by atoms with Gasteiger partial charge in [-0.15, -0.1) is 0 Å². The van der Waals surface area contributed by atoms with Crippen LogP contribution >= 0.6 is 12.2 Å². The van der Waals surface area contributed by atoms with Crippen LogP contribution in [-0.4, -0.2) is 26.1 Å². The molecular formula is C15H16N4S. The van der Waals surface area contributed by atoms with E-state index in [1.54, 1.807) is 0 Å². The zero-order valence-corrected chi connectivity index (χ0v) is 12.1. The smallest absolute Gasteiger partial charge is 0.203 e. The lowest BCUT2D eigenvalue weighted by Gasteiger charge is -2.16. The van der Waals surface area contributed by atoms with Crippen LogP contribution in [0.4, 0.5) is 0 Å². The molecule has 0 aliphatic carbocycles. The molecule has 0 fully saturated rings. The lowest BCUT2D eigenvalue weighted by molar-refractivity contribution is 0.245. The molecule has 3 rings (SSSR count). The number of nitrogens with zero attached hydrogens (tertiary/aromatic N) is 4. The molecule has 102 valence electrons. The molecule has 0 atom stereocenters. The standard InChI is InChI=1S/C15H16N4S/c1-17(11-13-7-3-2-4-8-13)12-19-15(20)18-10-6-5-9-14(18)16-19/h2-10H,11-12H2,1H3. The van der Waals surface area contributed by atoms with Crippen molar-refractivity contribution in [3.63, 3.8) is 0 Å². The van der Waals surface area contributed by atoms with Crippen LogP contribution in [0.15, 0.2) is 54.7 Å². The van der Waals surface area contributed by atoms with Crippen LogP contribution in [0.3, 0.4) is 0 Å². The van der Waals surface area contributed by atoms with Crippen molar-refractivity contribution in [1.82, 2.24) is 19.1 Å². The van der Waals surface area contributed by atoms with Crippen molar-refractivity contribution >= 4 is 17.9 Å². The van der Waals surface area contributed by atoms with Gasteiger partial charge in [0.15, 0.2) is 5.65 Å². The van der Waals surface area contributed by atoms with E-state index in [2.05, 4.69) is 41.3 Å². The van der Waals surface area contributed by atoms with Crippen molar-refractivity contribution in [2.45, 2.75) is 13.2 Å². The Bertz CT molecular complexity index is 760. The highest BCUT2D eigenvalue weighted by molar-refractivity contribution is 7.71. The van der Waals surface area contributed by atoms with Gasteiger partial charge >= 0.3 is 0 Å². The van der Waals surface area contributed by atoms with Crippen molar-refractivity contribution in [3.05, 3.63) is 65.1 Å². The van der Waals surface area contributed by atoms with Gasteiger partial charge in [0.2, 0.25) is 4.77 Å². The molecule has 0 aliphatic heterocycles. The van der Waals surface area contributed by atoms with Crippen LogP contribution in [0.25, 0.3) is 5.65 Å². The summed E-state index contributed by atoms with van der Waals surface area (Å²) in [6, 6.07) is 16.3. The van der Waals surface area contributed by atoms with E-state index in [0.717, 1.165) is 17.0 Å². The molecule has 3 aromatic rings. The van der Waals surface area contributed by atoms with Gasteiger partial charge in [0.25, 0.3) is 0 Å². The second-order valence-corrected chi connectivity index (χ2v) is 5.22. The molecule has 2 aromatic heterocycles. The summed E-state index contributed by atoms with van der Waals surface area (Å²) in [7, 11) is 2.07. The van der Waals surface area contributed by atoms with Crippen LogP contribution < -0.4 is 0 Å². The maximum atomic E-state index is 5.45. The lowest BCUT2D eigenvalue weighted by Crippen LogP contribution is -2.22. The fourth-order valence-corrected chi connectivity index (χ4v) is 2.49. The minimum atomic E-state index is 0.676. The Labute approximate surface area is 122 Å². The minimum absolute atomic E-state index is 0.676. The van der Waals surface area contributed by atoms with Gasteiger partial charge in [-0.3, -0.25) is 9.30 Å². The van der Waals surface area contributed by atoms with E-state index < -0.39 is 0 Å². The summed E-state index contributed by atoms with van der Waals surface area (Å²) in [6.07, 6.45) is 1.94. The quantitative estimate of drug-likeness (QED) is 0.689. The maximum Gasteiger partial charge on any atom is 0.203 e. The number of fused-ring (bicyclic) bond motifs is 1. The summed E-state index contributed by atoms with van der Waals surface area (Å²) in [6.45, 7) is 1.55. The van der Waals surface area contributed by atoms with Gasteiger partial charge in [-0.25, -0.2) is 4.68 Å². The van der Waals surface area contributed by atoms with E-state index in [1.165, 1.54) is 5.56 Å². The molecule has 0 bridgehead atoms. The topological polar surface area (TPSA) is 25.5 Å². The highest BCUT2D eigenvalue weighted by Crippen LogP contribution is 2.06. The largest absolute Gasteiger partial charge is 0.283 e. The van der Waals surface area contributed by atoms with E-state index in [4.69, 9.17) is 12.2 Å². The number of hydrogen-bond acceptors (Lipinski definition) is 3. The number of hydrogen-bond donors (Lipinski definition) is 0. The molecule has 1 aromatic carbocycles. The molecule has 0 amide bonds. The second kappa shape index (κ2) is 5.56. The van der Waals surface area contributed by atoms with Crippen LogP contribution in [0, 0.1) is 4.77 Å². The average Bonchev–Trinajstić information content (AvgIpc) is 2.77. The fourth-order valence-electron chi connectivity index (χ4n) is 2.23. The Morgan fingerprint density at radius 2 is 1.85 bits per heavy atom. The Morgan fingerprint density at radius 1 is 1.10 bits per heavy atom. The highest BCUT2D eigenvalue weighted by atomic mass is 32.1. The fraction of sp³-hybridized carbons (Fsp3) is 0.200. The summed E-state index contributed by atoms with van der Waals surface area (Å²) < 4.78 is 4.50. The summed E-state index contributed by atoms with van der Waals surface area (Å²) in [5.74, 6) is 0. The molecule has 2 heterocycles. The Hall–Kier alpha value is -1.98. The van der Waals surface area contributed by atoms with E-state index >= 15 is 0 Å². The first-order valence-corrected chi connectivity index (χ1v) is 6.91. The van der Waals surface area contributed by atoms with Gasteiger partial charge in [-0.05, 0) is 37.0 Å². The Balaban J connectivity index is 1.79. The molecule has 0 unspecified atom stereocenters. The van der Waals surface area contributed by atoms with Crippen LogP contribution in [-0.2, 0) is 13.2 Å². The summed E-state index contributed by atoms with van der Waals surface area (Å²) in [5.41, 5.74) is 2.16. The normalized spacial score (nSPS) is 11.3. The van der Waals surface area contributed by atoms with Gasteiger partial charge in [0, 0.05) is 12.7 Å². The first-order valence-electron chi connectivity index (χ1n) is 6.51. The minimum Gasteiger partial charge on any atom is -0.283 e. The van der Waals surface area contributed by atoms with E-state index in [-0.39, 0.29) is 0 Å². The molecular weight excluding hydrogens is 268 g/mol. The molecule has 0 N–H and O–H groups in total. The predicted molar refractivity (Wildman–Crippen MR) is 81.9 cm³/mol. The van der Waals surface area contributed by atoms with E-state index in [1.807, 2.05) is 39.5 Å². The predicted octanol–water partition coefficient (Wildman–Crippen LogP) is 2.95. The molecule has 20 heavy (non-hydrogen) atoms. The van der Waals surface area contributed by atoms with Crippen molar-refractivity contribution in [3.8, 4) is 0 Å². The highest BCUT2D eigenvalue weighted by Gasteiger charge is 2.06. The first kappa shape index (κ1) is 13.0. The Kier molecular flexibility index (Phi) is 3.62. The van der Waals surface area contributed by atoms with Crippen molar-refractivity contribution in [2.24, 2.45) is 0 Å². The third-order valence-electron chi connectivity index (χ3n) is 3.16. The zero-order chi connectivity index (χ0) is 13.9. The van der Waals surface area contributed by atoms with Crippen molar-refractivity contribution in [1.29, 1.82) is 0 Å². The lowest BCUT2D eigenvalue weighted by atomic mass is 10.2. The first-order chi connectivity index (χ1) is 9.74. The van der Waals surface area contributed by atoms with Crippen LogP contribution in [0.1, 0.15) is 5.56 Å². The summed E-state index contributed by atoms with van der Waals surface area (Å²) >= 11 is 5.45. The van der Waals surface area contributed by atoms with E-state index in [9.17, 15) is 0 Å². The van der Waals surface area contributed by atoms with Gasteiger partial charge in [-0.1, -0.05) is 36.4 Å². The van der Waals surface area contributed by atoms with E-state index in [0.29, 0.717) is 6.67 Å². The SMILES string of the molecule is CN(Cc1ccccc1)Cn1nc2ccccn2c1=S. The maximum absolute atomic E-state index is 5.45. The molecule has 0 aliphatic rings. The van der Waals surface area contributed by atoms with Gasteiger partial charge in [0.05, 0.1) is 6.67 Å². The zero-order valence-electron chi connectivity index (χ0n) is 11.3. The second-order valence-electron chi connectivity index (χ2n) is 4.85. The monoisotopic (exact) mass is 284 g/mol. The number of rotatable bonds is 4. The number of aromatic nitrogens is 3. The molecule has 0 saturated heterocycles. The van der Waals surface area contributed by atoms with Crippen LogP contribution in [0.5, 0.6) is 0 Å². The van der Waals surface area contributed by atoms with Crippen LogP contribution in [0.2, 0.25) is 0 Å². The van der Waals surface area contributed by atoms with Gasteiger partial charge in [-0.2, -0.15) is 5.10 Å². The number of pyridine rings is 1. The third kappa shape index (κ3) is 2.64. The third-order valence-corrected chi connectivity index (χ3v) is 3.57. The number of benzene rings is 1. The van der Waals surface area contributed by atoms with Crippen molar-refractivity contribution in [2.75, 3.05) is 7.05 Å². The summed E-state index contributed by atoms with van der Waals surface area (Å²) in [5, 5.41) is 4.53. The van der Waals surface area contributed by atoms with Gasteiger partial charge < -0.3 is 0 Å².